The number of halogens is 1. The first-order valence-electron chi connectivity index (χ1n) is 6.91. The standard InChI is InChI=1S/C17H14BrNO2S/c1-11-2-8-14(9-3-11)22(20,21)17-15(10-19)16(17)12-4-6-13(18)7-5-12/h2-9,15-17H,1H3/t15-,16+,17+/m0/s1. The number of aryl methyl sites for hydroxylation is 1. The largest absolute Gasteiger partial charge is 0.223 e. The summed E-state index contributed by atoms with van der Waals surface area (Å²) in [5, 5.41) is 8.64. The lowest BCUT2D eigenvalue weighted by molar-refractivity contribution is 0.593. The Balaban J connectivity index is 1.95. The Bertz CT molecular complexity index is 836. The summed E-state index contributed by atoms with van der Waals surface area (Å²) in [6.07, 6.45) is 0. The molecule has 0 radical (unpaired) electrons. The summed E-state index contributed by atoms with van der Waals surface area (Å²) in [6.45, 7) is 1.91. The van der Waals surface area contributed by atoms with Gasteiger partial charge in [-0.2, -0.15) is 5.26 Å². The maximum atomic E-state index is 12.8. The molecular weight excluding hydrogens is 362 g/mol. The Hall–Kier alpha value is -1.64. The van der Waals surface area contributed by atoms with Crippen LogP contribution in [-0.2, 0) is 9.84 Å². The number of hydrogen-bond donors (Lipinski definition) is 0. The Labute approximate surface area is 138 Å². The van der Waals surface area contributed by atoms with E-state index in [0.717, 1.165) is 15.6 Å². The molecule has 1 saturated carbocycles. The van der Waals surface area contributed by atoms with Crippen LogP contribution in [-0.4, -0.2) is 13.7 Å². The monoisotopic (exact) mass is 375 g/mol. The molecule has 22 heavy (non-hydrogen) atoms. The van der Waals surface area contributed by atoms with Crippen LogP contribution in [0.2, 0.25) is 0 Å². The van der Waals surface area contributed by atoms with Crippen molar-refractivity contribution in [3.05, 3.63) is 64.1 Å². The average Bonchev–Trinajstić information content (AvgIpc) is 3.24. The van der Waals surface area contributed by atoms with E-state index >= 15 is 0 Å². The molecular formula is C17H14BrNO2S. The summed E-state index contributed by atoms with van der Waals surface area (Å²) in [5.74, 6) is -0.725. The van der Waals surface area contributed by atoms with Crippen molar-refractivity contribution in [2.75, 3.05) is 0 Å². The number of nitriles is 1. The number of benzene rings is 2. The topological polar surface area (TPSA) is 57.9 Å². The van der Waals surface area contributed by atoms with E-state index in [1.807, 2.05) is 31.2 Å². The molecule has 1 aliphatic rings. The molecule has 0 spiro atoms. The predicted molar refractivity (Wildman–Crippen MR) is 88.1 cm³/mol. The molecule has 112 valence electrons. The zero-order chi connectivity index (χ0) is 15.9. The number of rotatable bonds is 3. The second kappa shape index (κ2) is 5.53. The van der Waals surface area contributed by atoms with E-state index in [9.17, 15) is 13.7 Å². The third-order valence-electron chi connectivity index (χ3n) is 4.07. The van der Waals surface area contributed by atoms with Gasteiger partial charge in [0.2, 0.25) is 0 Å². The Morgan fingerprint density at radius 2 is 1.64 bits per heavy atom. The smallest absolute Gasteiger partial charge is 0.183 e. The molecule has 1 fully saturated rings. The molecule has 2 aromatic carbocycles. The van der Waals surface area contributed by atoms with Crippen molar-refractivity contribution in [2.24, 2.45) is 5.92 Å². The van der Waals surface area contributed by atoms with Crippen molar-refractivity contribution in [1.29, 1.82) is 5.26 Å². The molecule has 0 heterocycles. The minimum Gasteiger partial charge on any atom is -0.223 e. The van der Waals surface area contributed by atoms with Gasteiger partial charge in [0.15, 0.2) is 9.84 Å². The molecule has 0 unspecified atom stereocenters. The molecule has 3 nitrogen and oxygen atoms in total. The number of hydrogen-bond acceptors (Lipinski definition) is 3. The van der Waals surface area contributed by atoms with Gasteiger partial charge in [-0.3, -0.25) is 0 Å². The molecule has 0 aliphatic heterocycles. The predicted octanol–water partition coefficient (Wildman–Crippen LogP) is 3.84. The first-order chi connectivity index (χ1) is 10.4. The Morgan fingerprint density at radius 3 is 2.18 bits per heavy atom. The van der Waals surface area contributed by atoms with Crippen LogP contribution in [0.25, 0.3) is 0 Å². The van der Waals surface area contributed by atoms with Crippen LogP contribution in [0, 0.1) is 24.2 Å². The van der Waals surface area contributed by atoms with Crippen molar-refractivity contribution < 1.29 is 8.42 Å². The van der Waals surface area contributed by atoms with E-state index < -0.39 is 21.0 Å². The van der Waals surface area contributed by atoms with Crippen molar-refractivity contribution in [3.63, 3.8) is 0 Å². The third kappa shape index (κ3) is 2.57. The van der Waals surface area contributed by atoms with Crippen LogP contribution in [0.15, 0.2) is 57.9 Å². The SMILES string of the molecule is Cc1ccc(S(=O)(=O)[C@@H]2[C@@H](C#N)[C@H]2c2ccc(Br)cc2)cc1. The molecule has 5 heteroatoms. The highest BCUT2D eigenvalue weighted by atomic mass is 79.9. The molecule has 0 saturated heterocycles. The van der Waals surface area contributed by atoms with E-state index in [2.05, 4.69) is 22.0 Å². The van der Waals surface area contributed by atoms with Crippen LogP contribution in [0.5, 0.6) is 0 Å². The van der Waals surface area contributed by atoms with Gasteiger partial charge in [-0.05, 0) is 36.8 Å². The number of sulfone groups is 1. The molecule has 0 aromatic heterocycles. The van der Waals surface area contributed by atoms with E-state index in [-0.39, 0.29) is 5.92 Å². The normalized spacial score (nSPS) is 23.8. The van der Waals surface area contributed by atoms with Gasteiger partial charge in [-0.1, -0.05) is 45.8 Å². The second-order valence-corrected chi connectivity index (χ2v) is 8.58. The van der Waals surface area contributed by atoms with Crippen molar-refractivity contribution in [3.8, 4) is 6.07 Å². The van der Waals surface area contributed by atoms with Gasteiger partial charge in [0.05, 0.1) is 22.1 Å². The van der Waals surface area contributed by atoms with E-state index in [0.29, 0.717) is 4.90 Å². The van der Waals surface area contributed by atoms with Crippen LogP contribution >= 0.6 is 15.9 Å². The van der Waals surface area contributed by atoms with Crippen molar-refractivity contribution in [1.82, 2.24) is 0 Å². The van der Waals surface area contributed by atoms with Gasteiger partial charge in [-0.25, -0.2) is 8.42 Å². The van der Waals surface area contributed by atoms with E-state index in [1.54, 1.807) is 24.3 Å². The zero-order valence-electron chi connectivity index (χ0n) is 11.9. The molecule has 2 aromatic rings. The molecule has 3 atom stereocenters. The van der Waals surface area contributed by atoms with Gasteiger partial charge >= 0.3 is 0 Å². The maximum absolute atomic E-state index is 12.8. The summed E-state index contributed by atoms with van der Waals surface area (Å²) in [5.41, 5.74) is 1.91. The molecule has 1 aliphatic carbocycles. The first-order valence-corrected chi connectivity index (χ1v) is 9.25. The van der Waals surface area contributed by atoms with Gasteiger partial charge in [0.1, 0.15) is 0 Å². The lowest BCUT2D eigenvalue weighted by atomic mass is 10.1. The van der Waals surface area contributed by atoms with Gasteiger partial charge in [-0.15, -0.1) is 0 Å². The Morgan fingerprint density at radius 1 is 1.05 bits per heavy atom. The summed E-state index contributed by atoms with van der Waals surface area (Å²) in [6, 6.07) is 16.5. The summed E-state index contributed by atoms with van der Waals surface area (Å²) in [4.78, 5) is 0.294. The van der Waals surface area contributed by atoms with Crippen LogP contribution in [0.1, 0.15) is 17.0 Å². The maximum Gasteiger partial charge on any atom is 0.183 e. The lowest BCUT2D eigenvalue weighted by Gasteiger charge is -2.04. The summed E-state index contributed by atoms with van der Waals surface area (Å²) < 4.78 is 26.5. The van der Waals surface area contributed by atoms with Crippen LogP contribution in [0.3, 0.4) is 0 Å². The summed E-state index contributed by atoms with van der Waals surface area (Å²) in [7, 11) is -3.49. The molecule has 3 rings (SSSR count). The number of nitrogens with zero attached hydrogens (tertiary/aromatic N) is 1. The van der Waals surface area contributed by atoms with Gasteiger partial charge in [0.25, 0.3) is 0 Å². The molecule has 0 N–H and O–H groups in total. The third-order valence-corrected chi connectivity index (χ3v) is 6.83. The fourth-order valence-electron chi connectivity index (χ4n) is 2.79. The van der Waals surface area contributed by atoms with E-state index in [1.165, 1.54) is 0 Å². The van der Waals surface area contributed by atoms with Gasteiger partial charge < -0.3 is 0 Å². The first kappa shape index (κ1) is 15.3. The molecule has 0 bridgehead atoms. The highest BCUT2D eigenvalue weighted by molar-refractivity contribution is 9.10. The zero-order valence-corrected chi connectivity index (χ0v) is 14.3. The fourth-order valence-corrected chi connectivity index (χ4v) is 5.12. The quantitative estimate of drug-likeness (QED) is 0.818. The van der Waals surface area contributed by atoms with Crippen LogP contribution < -0.4 is 0 Å². The summed E-state index contributed by atoms with van der Waals surface area (Å²) >= 11 is 3.36. The van der Waals surface area contributed by atoms with Crippen LogP contribution in [0.4, 0.5) is 0 Å². The highest BCUT2D eigenvalue weighted by Crippen LogP contribution is 2.53. The second-order valence-electron chi connectivity index (χ2n) is 5.55. The fraction of sp³-hybridized carbons (Fsp3) is 0.235. The van der Waals surface area contributed by atoms with Crippen molar-refractivity contribution >= 4 is 25.8 Å². The van der Waals surface area contributed by atoms with Gasteiger partial charge in [0, 0.05) is 10.4 Å². The molecule has 0 amide bonds. The minimum atomic E-state index is -3.49. The highest BCUT2D eigenvalue weighted by Gasteiger charge is 2.59. The lowest BCUT2D eigenvalue weighted by Crippen LogP contribution is -2.10. The van der Waals surface area contributed by atoms with E-state index in [4.69, 9.17) is 0 Å². The average molecular weight is 376 g/mol. The van der Waals surface area contributed by atoms with Crippen molar-refractivity contribution in [2.45, 2.75) is 23.0 Å². The Kier molecular flexibility index (Phi) is 3.84. The minimum absolute atomic E-state index is 0.246.